The molecule has 106 valence electrons. The molecule has 4 nitrogen and oxygen atoms in total. The van der Waals surface area contributed by atoms with Crippen LogP contribution in [0.1, 0.15) is 12.5 Å². The van der Waals surface area contributed by atoms with Gasteiger partial charge >= 0.3 is 0 Å². The summed E-state index contributed by atoms with van der Waals surface area (Å²) < 4.78 is 5.17. The van der Waals surface area contributed by atoms with E-state index in [2.05, 4.69) is 34.3 Å². The zero-order valence-electron chi connectivity index (χ0n) is 12.1. The zero-order chi connectivity index (χ0) is 14.7. The molecule has 1 N–H and O–H groups in total. The maximum absolute atomic E-state index is 5.17. The van der Waals surface area contributed by atoms with Crippen LogP contribution in [0, 0.1) is 0 Å². The Balaban J connectivity index is 1.98. The van der Waals surface area contributed by atoms with Gasteiger partial charge in [0, 0.05) is 11.1 Å². The lowest BCUT2D eigenvalue weighted by Crippen LogP contribution is -1.96. The van der Waals surface area contributed by atoms with E-state index in [1.807, 2.05) is 30.3 Å². The summed E-state index contributed by atoms with van der Waals surface area (Å²) in [5, 5.41) is 4.38. The van der Waals surface area contributed by atoms with Gasteiger partial charge in [-0.3, -0.25) is 0 Å². The first-order valence-corrected chi connectivity index (χ1v) is 6.95. The van der Waals surface area contributed by atoms with Crippen molar-refractivity contribution in [3.05, 3.63) is 54.4 Å². The molecule has 0 aliphatic rings. The van der Waals surface area contributed by atoms with E-state index in [-0.39, 0.29) is 0 Å². The highest BCUT2D eigenvalue weighted by molar-refractivity contribution is 5.91. The number of methoxy groups -OCH3 is 1. The molecule has 21 heavy (non-hydrogen) atoms. The average Bonchev–Trinajstić information content (AvgIpc) is 2.55. The first-order valence-electron chi connectivity index (χ1n) is 6.95. The Morgan fingerprint density at radius 2 is 1.86 bits per heavy atom. The number of aromatic nitrogens is 2. The lowest BCUT2D eigenvalue weighted by Gasteiger charge is -2.09. The van der Waals surface area contributed by atoms with Crippen LogP contribution in [0.5, 0.6) is 5.75 Å². The standard InChI is InChI=1S/C17H17N3O/c1-3-12-4-9-16-15(10-12)17(19-11-18-16)20-13-5-7-14(21-2)8-6-13/h4-11H,3H2,1-2H3,(H,18,19,20). The Morgan fingerprint density at radius 3 is 2.57 bits per heavy atom. The van der Waals surface area contributed by atoms with Gasteiger partial charge in [-0.2, -0.15) is 0 Å². The van der Waals surface area contributed by atoms with Gasteiger partial charge < -0.3 is 10.1 Å². The third-order valence-corrected chi connectivity index (χ3v) is 3.46. The molecule has 4 heteroatoms. The quantitative estimate of drug-likeness (QED) is 0.785. The van der Waals surface area contributed by atoms with E-state index >= 15 is 0 Å². The fraction of sp³-hybridized carbons (Fsp3) is 0.176. The third kappa shape index (κ3) is 2.79. The molecule has 0 atom stereocenters. The fourth-order valence-corrected chi connectivity index (χ4v) is 2.23. The van der Waals surface area contributed by atoms with Crippen molar-refractivity contribution < 1.29 is 4.74 Å². The number of aryl methyl sites for hydroxylation is 1. The average molecular weight is 279 g/mol. The smallest absolute Gasteiger partial charge is 0.141 e. The third-order valence-electron chi connectivity index (χ3n) is 3.46. The Bertz CT molecular complexity index is 754. The van der Waals surface area contributed by atoms with Crippen molar-refractivity contribution in [2.75, 3.05) is 12.4 Å². The number of fused-ring (bicyclic) bond motifs is 1. The molecule has 0 fully saturated rings. The SMILES string of the molecule is CCc1ccc2ncnc(Nc3ccc(OC)cc3)c2c1. The summed E-state index contributed by atoms with van der Waals surface area (Å²) >= 11 is 0. The minimum absolute atomic E-state index is 0.820. The number of nitrogens with zero attached hydrogens (tertiary/aromatic N) is 2. The van der Waals surface area contributed by atoms with E-state index in [4.69, 9.17) is 4.74 Å². The summed E-state index contributed by atoms with van der Waals surface area (Å²) in [6, 6.07) is 14.1. The molecular formula is C17H17N3O. The van der Waals surface area contributed by atoms with E-state index in [0.717, 1.165) is 34.6 Å². The molecule has 0 aliphatic carbocycles. The van der Waals surface area contributed by atoms with Gasteiger partial charge in [0.1, 0.15) is 17.9 Å². The van der Waals surface area contributed by atoms with E-state index in [9.17, 15) is 0 Å². The first-order chi connectivity index (χ1) is 10.3. The monoisotopic (exact) mass is 279 g/mol. The van der Waals surface area contributed by atoms with Crippen LogP contribution in [0.3, 0.4) is 0 Å². The number of nitrogens with one attached hydrogen (secondary N) is 1. The van der Waals surface area contributed by atoms with Gasteiger partial charge in [-0.05, 0) is 48.4 Å². The topological polar surface area (TPSA) is 47.0 Å². The van der Waals surface area contributed by atoms with Crippen LogP contribution in [0.2, 0.25) is 0 Å². The highest BCUT2D eigenvalue weighted by Gasteiger charge is 2.05. The molecule has 0 radical (unpaired) electrons. The van der Waals surface area contributed by atoms with Crippen molar-refractivity contribution in [2.45, 2.75) is 13.3 Å². The van der Waals surface area contributed by atoms with Crippen molar-refractivity contribution in [3.8, 4) is 5.75 Å². The maximum atomic E-state index is 5.17. The molecule has 0 saturated carbocycles. The van der Waals surface area contributed by atoms with Gasteiger partial charge in [-0.25, -0.2) is 9.97 Å². The molecule has 1 aromatic heterocycles. The van der Waals surface area contributed by atoms with Crippen LogP contribution in [0.4, 0.5) is 11.5 Å². The minimum atomic E-state index is 0.820. The van der Waals surface area contributed by atoms with E-state index in [1.165, 1.54) is 5.56 Å². The molecule has 0 aliphatic heterocycles. The number of hydrogen-bond donors (Lipinski definition) is 1. The van der Waals surface area contributed by atoms with E-state index < -0.39 is 0 Å². The van der Waals surface area contributed by atoms with Crippen molar-refractivity contribution >= 4 is 22.4 Å². The Labute approximate surface area is 123 Å². The second-order valence-corrected chi connectivity index (χ2v) is 4.78. The lowest BCUT2D eigenvalue weighted by molar-refractivity contribution is 0.415. The summed E-state index contributed by atoms with van der Waals surface area (Å²) in [7, 11) is 1.66. The fourth-order valence-electron chi connectivity index (χ4n) is 2.23. The first kappa shape index (κ1) is 13.4. The maximum Gasteiger partial charge on any atom is 0.141 e. The van der Waals surface area contributed by atoms with Crippen molar-refractivity contribution in [1.29, 1.82) is 0 Å². The Morgan fingerprint density at radius 1 is 1.05 bits per heavy atom. The van der Waals surface area contributed by atoms with E-state index in [0.29, 0.717) is 0 Å². The van der Waals surface area contributed by atoms with Gasteiger partial charge in [0.15, 0.2) is 0 Å². The zero-order valence-corrected chi connectivity index (χ0v) is 12.1. The summed E-state index contributed by atoms with van der Waals surface area (Å²) in [4.78, 5) is 8.68. The summed E-state index contributed by atoms with van der Waals surface area (Å²) in [6.45, 7) is 2.14. The molecule has 1 heterocycles. The second-order valence-electron chi connectivity index (χ2n) is 4.78. The normalized spacial score (nSPS) is 10.6. The van der Waals surface area contributed by atoms with Crippen LogP contribution in [0.25, 0.3) is 10.9 Å². The number of hydrogen-bond acceptors (Lipinski definition) is 4. The van der Waals surface area contributed by atoms with Crippen LogP contribution >= 0.6 is 0 Å². The predicted molar refractivity (Wildman–Crippen MR) is 85.2 cm³/mol. The molecule has 0 bridgehead atoms. The highest BCUT2D eigenvalue weighted by Crippen LogP contribution is 2.25. The molecule has 0 amide bonds. The molecular weight excluding hydrogens is 262 g/mol. The van der Waals surface area contributed by atoms with Crippen LogP contribution in [-0.4, -0.2) is 17.1 Å². The summed E-state index contributed by atoms with van der Waals surface area (Å²) in [5.74, 6) is 1.65. The molecule has 0 spiro atoms. The number of anilines is 2. The Kier molecular flexibility index (Phi) is 3.69. The van der Waals surface area contributed by atoms with Crippen molar-refractivity contribution in [1.82, 2.24) is 9.97 Å². The minimum Gasteiger partial charge on any atom is -0.497 e. The van der Waals surface area contributed by atoms with Gasteiger partial charge in [-0.15, -0.1) is 0 Å². The molecule has 0 unspecified atom stereocenters. The van der Waals surface area contributed by atoms with Crippen molar-refractivity contribution in [3.63, 3.8) is 0 Å². The Hall–Kier alpha value is -2.62. The molecule has 3 rings (SSSR count). The molecule has 3 aromatic rings. The molecule has 0 saturated heterocycles. The van der Waals surface area contributed by atoms with Gasteiger partial charge in [0.2, 0.25) is 0 Å². The molecule has 2 aromatic carbocycles. The van der Waals surface area contributed by atoms with Gasteiger partial charge in [0.05, 0.1) is 12.6 Å². The number of ether oxygens (including phenoxy) is 1. The van der Waals surface area contributed by atoms with Crippen LogP contribution in [-0.2, 0) is 6.42 Å². The summed E-state index contributed by atoms with van der Waals surface area (Å²) in [6.07, 6.45) is 2.58. The predicted octanol–water partition coefficient (Wildman–Crippen LogP) is 3.94. The van der Waals surface area contributed by atoms with E-state index in [1.54, 1.807) is 13.4 Å². The van der Waals surface area contributed by atoms with Gasteiger partial charge in [0.25, 0.3) is 0 Å². The number of benzene rings is 2. The second kappa shape index (κ2) is 5.79. The van der Waals surface area contributed by atoms with Crippen molar-refractivity contribution in [2.24, 2.45) is 0 Å². The van der Waals surface area contributed by atoms with Crippen LogP contribution < -0.4 is 10.1 Å². The largest absolute Gasteiger partial charge is 0.497 e. The lowest BCUT2D eigenvalue weighted by atomic mass is 10.1. The highest BCUT2D eigenvalue weighted by atomic mass is 16.5. The van der Waals surface area contributed by atoms with Gasteiger partial charge in [-0.1, -0.05) is 13.0 Å². The summed E-state index contributed by atoms with van der Waals surface area (Å²) in [5.41, 5.74) is 3.19. The van der Waals surface area contributed by atoms with Crippen LogP contribution in [0.15, 0.2) is 48.8 Å². The number of rotatable bonds is 4.